The number of fused-ring (bicyclic) bond motifs is 1. The Balaban J connectivity index is 1.58. The van der Waals surface area contributed by atoms with Gasteiger partial charge in [0.15, 0.2) is 0 Å². The Morgan fingerprint density at radius 3 is 2.63 bits per heavy atom. The maximum atomic E-state index is 12.8. The third kappa shape index (κ3) is 3.28. The van der Waals surface area contributed by atoms with Crippen LogP contribution in [-0.4, -0.2) is 16.3 Å². The van der Waals surface area contributed by atoms with E-state index in [0.717, 1.165) is 16.9 Å². The van der Waals surface area contributed by atoms with Crippen LogP contribution >= 0.6 is 11.6 Å². The highest BCUT2D eigenvalue weighted by atomic mass is 35.5. The number of rotatable bonds is 4. The maximum Gasteiger partial charge on any atom is 0.233 e. The summed E-state index contributed by atoms with van der Waals surface area (Å²) in [7, 11) is 0. The van der Waals surface area contributed by atoms with Crippen molar-refractivity contribution in [1.82, 2.24) is 4.57 Å². The first-order valence-electron chi connectivity index (χ1n) is 8.91. The predicted molar refractivity (Wildman–Crippen MR) is 106 cm³/mol. The first-order valence-corrected chi connectivity index (χ1v) is 9.28. The van der Waals surface area contributed by atoms with E-state index in [-0.39, 0.29) is 17.6 Å². The monoisotopic (exact) mass is 378 g/mol. The average molecular weight is 379 g/mol. The van der Waals surface area contributed by atoms with Crippen molar-refractivity contribution in [3.8, 4) is 0 Å². The van der Waals surface area contributed by atoms with Gasteiger partial charge >= 0.3 is 0 Å². The molecular weight excluding hydrogens is 360 g/mol. The SMILES string of the molecule is Cc1ccc(Cl)cc1NC(=O)[C@@H]1CCn2c(C(=O)c3ccccc3)ccc21. The van der Waals surface area contributed by atoms with Crippen molar-refractivity contribution >= 4 is 29.0 Å². The number of carbonyl (C=O) groups is 2. The summed E-state index contributed by atoms with van der Waals surface area (Å²) in [4.78, 5) is 25.6. The van der Waals surface area contributed by atoms with Gasteiger partial charge in [0.25, 0.3) is 0 Å². The second-order valence-corrected chi connectivity index (χ2v) is 7.22. The van der Waals surface area contributed by atoms with Crippen LogP contribution in [-0.2, 0) is 11.3 Å². The van der Waals surface area contributed by atoms with Crippen molar-refractivity contribution in [2.45, 2.75) is 25.8 Å². The van der Waals surface area contributed by atoms with Gasteiger partial charge in [-0.25, -0.2) is 0 Å². The normalized spacial score (nSPS) is 15.4. The third-order valence-electron chi connectivity index (χ3n) is 5.06. The van der Waals surface area contributed by atoms with Gasteiger partial charge in [-0.3, -0.25) is 9.59 Å². The minimum absolute atomic E-state index is 0.0198. The molecule has 1 atom stereocenters. The van der Waals surface area contributed by atoms with Gasteiger partial charge in [0.05, 0.1) is 11.6 Å². The molecule has 1 aromatic heterocycles. The molecule has 0 aliphatic carbocycles. The lowest BCUT2D eigenvalue weighted by Gasteiger charge is -2.13. The summed E-state index contributed by atoms with van der Waals surface area (Å²) >= 11 is 6.04. The molecule has 2 aromatic carbocycles. The summed E-state index contributed by atoms with van der Waals surface area (Å²) in [5, 5.41) is 3.57. The molecule has 1 aliphatic rings. The topological polar surface area (TPSA) is 51.1 Å². The van der Waals surface area contributed by atoms with E-state index >= 15 is 0 Å². The molecule has 0 fully saturated rings. The number of carbonyl (C=O) groups excluding carboxylic acids is 2. The van der Waals surface area contributed by atoms with Crippen LogP contribution in [0.25, 0.3) is 0 Å². The van der Waals surface area contributed by atoms with Crippen LogP contribution in [0.4, 0.5) is 5.69 Å². The summed E-state index contributed by atoms with van der Waals surface area (Å²) in [5.74, 6) is -0.370. The molecule has 1 amide bonds. The van der Waals surface area contributed by atoms with E-state index in [1.165, 1.54) is 0 Å². The van der Waals surface area contributed by atoms with Crippen molar-refractivity contribution in [1.29, 1.82) is 0 Å². The van der Waals surface area contributed by atoms with Gasteiger partial charge in [-0.2, -0.15) is 0 Å². The Hall–Kier alpha value is -2.85. The summed E-state index contributed by atoms with van der Waals surface area (Å²) < 4.78 is 1.96. The van der Waals surface area contributed by atoms with Crippen molar-refractivity contribution < 1.29 is 9.59 Å². The predicted octanol–water partition coefficient (Wildman–Crippen LogP) is 4.81. The molecule has 1 aliphatic heterocycles. The molecule has 4 nitrogen and oxygen atoms in total. The molecule has 0 bridgehead atoms. The number of benzene rings is 2. The Morgan fingerprint density at radius 1 is 1.07 bits per heavy atom. The minimum atomic E-state index is -0.277. The highest BCUT2D eigenvalue weighted by Crippen LogP contribution is 2.33. The molecule has 0 unspecified atom stereocenters. The highest BCUT2D eigenvalue weighted by molar-refractivity contribution is 6.31. The fraction of sp³-hybridized carbons (Fsp3) is 0.182. The zero-order valence-electron chi connectivity index (χ0n) is 14.9. The van der Waals surface area contributed by atoms with Crippen LogP contribution in [0.2, 0.25) is 5.02 Å². The second kappa shape index (κ2) is 7.05. The van der Waals surface area contributed by atoms with Crippen molar-refractivity contribution in [3.05, 3.63) is 88.2 Å². The fourth-order valence-electron chi connectivity index (χ4n) is 3.59. The minimum Gasteiger partial charge on any atom is -0.341 e. The molecule has 0 spiro atoms. The quantitative estimate of drug-likeness (QED) is 0.662. The van der Waals surface area contributed by atoms with E-state index in [2.05, 4.69) is 5.32 Å². The van der Waals surface area contributed by atoms with Crippen LogP contribution < -0.4 is 5.32 Å². The lowest BCUT2D eigenvalue weighted by atomic mass is 10.0. The number of anilines is 1. The van der Waals surface area contributed by atoms with Gasteiger partial charge in [0.1, 0.15) is 0 Å². The highest BCUT2D eigenvalue weighted by Gasteiger charge is 2.32. The van der Waals surface area contributed by atoms with Gasteiger partial charge in [0, 0.05) is 28.5 Å². The molecule has 3 aromatic rings. The molecule has 0 saturated carbocycles. The van der Waals surface area contributed by atoms with E-state index in [9.17, 15) is 9.59 Å². The Labute approximate surface area is 162 Å². The smallest absolute Gasteiger partial charge is 0.233 e. The fourth-order valence-corrected chi connectivity index (χ4v) is 3.77. The van der Waals surface area contributed by atoms with E-state index in [4.69, 9.17) is 11.6 Å². The third-order valence-corrected chi connectivity index (χ3v) is 5.29. The number of nitrogens with zero attached hydrogens (tertiary/aromatic N) is 1. The second-order valence-electron chi connectivity index (χ2n) is 6.78. The lowest BCUT2D eigenvalue weighted by Crippen LogP contribution is -2.20. The Kier molecular flexibility index (Phi) is 4.58. The largest absolute Gasteiger partial charge is 0.341 e. The number of hydrogen-bond donors (Lipinski definition) is 1. The number of nitrogens with one attached hydrogen (secondary N) is 1. The molecule has 1 N–H and O–H groups in total. The van der Waals surface area contributed by atoms with Gasteiger partial charge in [-0.05, 0) is 43.2 Å². The molecule has 4 rings (SSSR count). The molecule has 136 valence electrons. The zero-order valence-corrected chi connectivity index (χ0v) is 15.7. The summed E-state index contributed by atoms with van der Waals surface area (Å²) in [6, 6.07) is 18.3. The number of ketones is 1. The molecule has 27 heavy (non-hydrogen) atoms. The van der Waals surface area contributed by atoms with Crippen LogP contribution in [0.1, 0.15) is 39.6 Å². The van der Waals surface area contributed by atoms with E-state index in [1.807, 2.05) is 60.0 Å². The van der Waals surface area contributed by atoms with Gasteiger partial charge in [-0.15, -0.1) is 0 Å². The van der Waals surface area contributed by atoms with E-state index in [1.54, 1.807) is 12.1 Å². The van der Waals surface area contributed by atoms with Crippen LogP contribution in [0, 0.1) is 6.92 Å². The molecule has 5 heteroatoms. The number of aromatic nitrogens is 1. The lowest BCUT2D eigenvalue weighted by molar-refractivity contribution is -0.117. The van der Waals surface area contributed by atoms with Crippen molar-refractivity contribution in [3.63, 3.8) is 0 Å². The van der Waals surface area contributed by atoms with E-state index < -0.39 is 0 Å². The maximum absolute atomic E-state index is 12.8. The van der Waals surface area contributed by atoms with Gasteiger partial charge < -0.3 is 9.88 Å². The van der Waals surface area contributed by atoms with Gasteiger partial charge in [-0.1, -0.05) is 48.0 Å². The first-order chi connectivity index (χ1) is 13.0. The number of hydrogen-bond acceptors (Lipinski definition) is 2. The van der Waals surface area contributed by atoms with Gasteiger partial charge in [0.2, 0.25) is 11.7 Å². The van der Waals surface area contributed by atoms with Crippen LogP contribution in [0.5, 0.6) is 0 Å². The summed E-state index contributed by atoms with van der Waals surface area (Å²) in [6.07, 6.45) is 0.677. The average Bonchev–Trinajstić information content (AvgIpc) is 3.27. The molecule has 0 radical (unpaired) electrons. The number of halogens is 1. The zero-order chi connectivity index (χ0) is 19.0. The summed E-state index contributed by atoms with van der Waals surface area (Å²) in [6.45, 7) is 2.59. The van der Waals surface area contributed by atoms with Crippen LogP contribution in [0.15, 0.2) is 60.7 Å². The number of amides is 1. The van der Waals surface area contributed by atoms with Crippen molar-refractivity contribution in [2.75, 3.05) is 5.32 Å². The first kappa shape index (κ1) is 17.6. The van der Waals surface area contributed by atoms with E-state index in [0.29, 0.717) is 29.2 Å². The van der Waals surface area contributed by atoms with Crippen LogP contribution in [0.3, 0.4) is 0 Å². The molecule has 2 heterocycles. The summed E-state index contributed by atoms with van der Waals surface area (Å²) in [5.41, 5.74) is 3.84. The Bertz CT molecular complexity index is 1020. The van der Waals surface area contributed by atoms with Crippen molar-refractivity contribution in [2.24, 2.45) is 0 Å². The standard InChI is InChI=1S/C22H19ClN2O2/c1-14-7-8-16(23)13-18(14)24-22(27)17-11-12-25-19(17)9-10-20(25)21(26)15-5-3-2-4-6-15/h2-10,13,17H,11-12H2,1H3,(H,24,27)/t17-/m1/s1. The Morgan fingerprint density at radius 2 is 1.85 bits per heavy atom. The number of aryl methyl sites for hydroxylation is 1. The molecular formula is C22H19ClN2O2. The molecule has 0 saturated heterocycles.